The first-order valence-corrected chi connectivity index (χ1v) is 6.81. The lowest BCUT2D eigenvalue weighted by Gasteiger charge is -2.26. The molecule has 0 unspecified atom stereocenters. The first kappa shape index (κ1) is 14.5. The van der Waals surface area contributed by atoms with Gasteiger partial charge in [-0.3, -0.25) is 4.98 Å². The molecule has 106 valence electrons. The molecule has 4 heteroatoms. The maximum absolute atomic E-state index is 13.4. The van der Waals surface area contributed by atoms with Crippen LogP contribution in [-0.4, -0.2) is 11.5 Å². The second-order valence-electron chi connectivity index (χ2n) is 4.83. The Hall–Kier alpha value is -1.94. The van der Waals surface area contributed by atoms with Gasteiger partial charge in [0.05, 0.1) is 12.2 Å². The summed E-state index contributed by atoms with van der Waals surface area (Å²) in [5.41, 5.74) is 8.73. The Labute approximate surface area is 119 Å². The van der Waals surface area contributed by atoms with Crippen LogP contribution in [0, 0.1) is 5.82 Å². The molecule has 0 radical (unpaired) electrons. The summed E-state index contributed by atoms with van der Waals surface area (Å²) < 4.78 is 13.4. The summed E-state index contributed by atoms with van der Waals surface area (Å²) >= 11 is 0. The minimum Gasteiger partial charge on any atom is -0.366 e. The zero-order valence-corrected chi connectivity index (χ0v) is 11.9. The quantitative estimate of drug-likeness (QED) is 0.909. The third-order valence-electron chi connectivity index (χ3n) is 3.28. The van der Waals surface area contributed by atoms with E-state index in [0.717, 1.165) is 23.5 Å². The first-order valence-electron chi connectivity index (χ1n) is 6.81. The minimum atomic E-state index is -0.255. The molecule has 2 aromatic rings. The number of aromatic nitrogens is 1. The standard InChI is InChI=1S/C16H20FN3/c1-3-20(11-14-6-4-5-9-19-14)16-8-7-13(17)10-15(16)12(2)18/h4-10,12H,3,11,18H2,1-2H3/t12-/m1/s1. The van der Waals surface area contributed by atoms with Crippen LogP contribution in [0.4, 0.5) is 10.1 Å². The Morgan fingerprint density at radius 3 is 2.70 bits per heavy atom. The van der Waals surface area contributed by atoms with Crippen LogP contribution in [-0.2, 0) is 6.54 Å². The molecule has 1 aromatic carbocycles. The molecule has 0 saturated heterocycles. The smallest absolute Gasteiger partial charge is 0.123 e. The van der Waals surface area contributed by atoms with Gasteiger partial charge in [0.15, 0.2) is 0 Å². The van der Waals surface area contributed by atoms with Gasteiger partial charge in [-0.05, 0) is 49.7 Å². The predicted molar refractivity (Wildman–Crippen MR) is 80.0 cm³/mol. The van der Waals surface area contributed by atoms with E-state index in [4.69, 9.17) is 5.73 Å². The highest BCUT2D eigenvalue weighted by Crippen LogP contribution is 2.27. The average Bonchev–Trinajstić information content (AvgIpc) is 2.46. The fourth-order valence-corrected chi connectivity index (χ4v) is 2.23. The van der Waals surface area contributed by atoms with E-state index >= 15 is 0 Å². The predicted octanol–water partition coefficient (Wildman–Crippen LogP) is 3.27. The monoisotopic (exact) mass is 273 g/mol. The van der Waals surface area contributed by atoms with Gasteiger partial charge in [0.1, 0.15) is 5.82 Å². The van der Waals surface area contributed by atoms with Crippen LogP contribution in [0.5, 0.6) is 0 Å². The summed E-state index contributed by atoms with van der Waals surface area (Å²) in [5.74, 6) is -0.255. The minimum absolute atomic E-state index is 0.210. The van der Waals surface area contributed by atoms with Crippen molar-refractivity contribution in [3.05, 3.63) is 59.7 Å². The number of nitrogens with two attached hydrogens (primary N) is 1. The highest BCUT2D eigenvalue weighted by Gasteiger charge is 2.14. The molecule has 0 spiro atoms. The molecular weight excluding hydrogens is 253 g/mol. The molecule has 20 heavy (non-hydrogen) atoms. The van der Waals surface area contributed by atoms with Gasteiger partial charge in [-0.25, -0.2) is 4.39 Å². The van der Waals surface area contributed by atoms with E-state index in [1.807, 2.05) is 25.1 Å². The molecule has 0 aliphatic rings. The Kier molecular flexibility index (Phi) is 4.69. The van der Waals surface area contributed by atoms with Crippen molar-refractivity contribution in [3.63, 3.8) is 0 Å². The van der Waals surface area contributed by atoms with Crippen LogP contribution in [0.25, 0.3) is 0 Å². The fraction of sp³-hybridized carbons (Fsp3) is 0.312. The van der Waals surface area contributed by atoms with Crippen LogP contribution in [0.15, 0.2) is 42.6 Å². The molecule has 1 atom stereocenters. The molecule has 0 amide bonds. The van der Waals surface area contributed by atoms with E-state index in [1.165, 1.54) is 12.1 Å². The summed E-state index contributed by atoms with van der Waals surface area (Å²) in [6, 6.07) is 10.4. The largest absolute Gasteiger partial charge is 0.366 e. The van der Waals surface area contributed by atoms with Crippen molar-refractivity contribution in [1.82, 2.24) is 4.98 Å². The molecule has 0 saturated carbocycles. The zero-order valence-electron chi connectivity index (χ0n) is 11.9. The van der Waals surface area contributed by atoms with E-state index in [0.29, 0.717) is 6.54 Å². The van der Waals surface area contributed by atoms with E-state index in [2.05, 4.69) is 16.8 Å². The molecule has 0 bridgehead atoms. The topological polar surface area (TPSA) is 42.2 Å². The van der Waals surface area contributed by atoms with Gasteiger partial charge < -0.3 is 10.6 Å². The number of halogens is 1. The number of pyridine rings is 1. The number of nitrogens with zero attached hydrogens (tertiary/aromatic N) is 2. The molecule has 2 rings (SSSR count). The molecule has 2 N–H and O–H groups in total. The van der Waals surface area contributed by atoms with Crippen LogP contribution >= 0.6 is 0 Å². The van der Waals surface area contributed by atoms with Crippen LogP contribution in [0.3, 0.4) is 0 Å². The second kappa shape index (κ2) is 6.48. The molecule has 0 aliphatic heterocycles. The molecular formula is C16H20FN3. The van der Waals surface area contributed by atoms with Gasteiger partial charge in [-0.2, -0.15) is 0 Å². The summed E-state index contributed by atoms with van der Waals surface area (Å²) in [7, 11) is 0. The van der Waals surface area contributed by atoms with Crippen LogP contribution in [0.1, 0.15) is 31.1 Å². The Morgan fingerprint density at radius 2 is 2.10 bits per heavy atom. The van der Waals surface area contributed by atoms with Crippen LogP contribution < -0.4 is 10.6 Å². The highest BCUT2D eigenvalue weighted by atomic mass is 19.1. The summed E-state index contributed by atoms with van der Waals surface area (Å²) in [4.78, 5) is 6.49. The van der Waals surface area contributed by atoms with Crippen molar-refractivity contribution >= 4 is 5.69 Å². The van der Waals surface area contributed by atoms with Gasteiger partial charge in [-0.15, -0.1) is 0 Å². The SMILES string of the molecule is CCN(Cc1ccccn1)c1ccc(F)cc1[C@@H](C)N. The number of rotatable bonds is 5. The molecule has 1 aromatic heterocycles. The lowest BCUT2D eigenvalue weighted by Crippen LogP contribution is -2.25. The highest BCUT2D eigenvalue weighted by molar-refractivity contribution is 5.55. The summed E-state index contributed by atoms with van der Waals surface area (Å²) in [6.07, 6.45) is 1.78. The van der Waals surface area contributed by atoms with E-state index < -0.39 is 0 Å². The van der Waals surface area contributed by atoms with Gasteiger partial charge in [0, 0.05) is 24.5 Å². The molecule has 0 aliphatic carbocycles. The molecule has 1 heterocycles. The Bertz CT molecular complexity index is 555. The zero-order chi connectivity index (χ0) is 14.5. The first-order chi connectivity index (χ1) is 9.61. The fourth-order valence-electron chi connectivity index (χ4n) is 2.23. The molecule has 0 fully saturated rings. The van der Waals surface area contributed by atoms with Gasteiger partial charge in [0.2, 0.25) is 0 Å². The van der Waals surface area contributed by atoms with E-state index in [-0.39, 0.29) is 11.9 Å². The van der Waals surface area contributed by atoms with Crippen molar-refractivity contribution in [2.75, 3.05) is 11.4 Å². The number of hydrogen-bond donors (Lipinski definition) is 1. The lowest BCUT2D eigenvalue weighted by atomic mass is 10.1. The Balaban J connectivity index is 2.32. The lowest BCUT2D eigenvalue weighted by molar-refractivity contribution is 0.621. The van der Waals surface area contributed by atoms with E-state index in [9.17, 15) is 4.39 Å². The van der Waals surface area contributed by atoms with Crippen molar-refractivity contribution in [2.45, 2.75) is 26.4 Å². The molecule has 3 nitrogen and oxygen atoms in total. The number of hydrogen-bond acceptors (Lipinski definition) is 3. The van der Waals surface area contributed by atoms with Crippen molar-refractivity contribution in [2.24, 2.45) is 5.73 Å². The van der Waals surface area contributed by atoms with Gasteiger partial charge in [0.25, 0.3) is 0 Å². The normalized spacial score (nSPS) is 12.2. The van der Waals surface area contributed by atoms with Gasteiger partial charge >= 0.3 is 0 Å². The third-order valence-corrected chi connectivity index (χ3v) is 3.28. The summed E-state index contributed by atoms with van der Waals surface area (Å²) in [6.45, 7) is 5.43. The van der Waals surface area contributed by atoms with Crippen molar-refractivity contribution < 1.29 is 4.39 Å². The Morgan fingerprint density at radius 1 is 1.30 bits per heavy atom. The van der Waals surface area contributed by atoms with Crippen molar-refractivity contribution in [1.29, 1.82) is 0 Å². The van der Waals surface area contributed by atoms with Crippen molar-refractivity contribution in [3.8, 4) is 0 Å². The third kappa shape index (κ3) is 3.33. The van der Waals surface area contributed by atoms with E-state index in [1.54, 1.807) is 12.3 Å². The average molecular weight is 273 g/mol. The second-order valence-corrected chi connectivity index (χ2v) is 4.83. The van der Waals surface area contributed by atoms with Gasteiger partial charge in [-0.1, -0.05) is 6.07 Å². The number of benzene rings is 1. The summed E-state index contributed by atoms with van der Waals surface area (Å²) in [5, 5.41) is 0. The number of anilines is 1. The maximum atomic E-state index is 13.4. The maximum Gasteiger partial charge on any atom is 0.123 e. The van der Waals surface area contributed by atoms with Crippen LogP contribution in [0.2, 0.25) is 0 Å².